The number of hydrogen-bond donors (Lipinski definition) is 1. The number of halogens is 1. The van der Waals surface area contributed by atoms with Gasteiger partial charge < -0.3 is 10.5 Å². The molecule has 0 unspecified atom stereocenters. The molecule has 0 radical (unpaired) electrons. The van der Waals surface area contributed by atoms with Gasteiger partial charge >= 0.3 is 5.97 Å². The zero-order chi connectivity index (χ0) is 12.3. The highest BCUT2D eigenvalue weighted by molar-refractivity contribution is 5.87. The summed E-state index contributed by atoms with van der Waals surface area (Å²) in [6.45, 7) is 0. The minimum absolute atomic E-state index is 0.139. The first kappa shape index (κ1) is 11.0. The summed E-state index contributed by atoms with van der Waals surface area (Å²) in [6.07, 6.45) is 1.32. The van der Waals surface area contributed by atoms with E-state index in [9.17, 15) is 9.18 Å². The Bertz CT molecular complexity index is 560. The zero-order valence-corrected chi connectivity index (χ0v) is 8.63. The molecular formula is C11H8FN3O2. The van der Waals surface area contributed by atoms with Gasteiger partial charge in [-0.2, -0.15) is 0 Å². The van der Waals surface area contributed by atoms with Crippen molar-refractivity contribution in [1.82, 2.24) is 9.97 Å². The standard InChI is InChI=1S/C11H8FN3O2/c12-7-3-1-2-4-8(7)17-11(16)10-14-6-5-9(13)15-10/h1-6H,(H2,13,14,15). The molecule has 0 bridgehead atoms. The van der Waals surface area contributed by atoms with Gasteiger partial charge in [0.15, 0.2) is 11.6 Å². The van der Waals surface area contributed by atoms with E-state index >= 15 is 0 Å². The highest BCUT2D eigenvalue weighted by Gasteiger charge is 2.14. The van der Waals surface area contributed by atoms with Crippen molar-refractivity contribution < 1.29 is 13.9 Å². The molecule has 0 atom stereocenters. The Morgan fingerprint density at radius 3 is 2.76 bits per heavy atom. The van der Waals surface area contributed by atoms with Crippen LogP contribution >= 0.6 is 0 Å². The van der Waals surface area contributed by atoms with Gasteiger partial charge in [-0.15, -0.1) is 0 Å². The van der Waals surface area contributed by atoms with E-state index in [1.54, 1.807) is 6.07 Å². The number of benzene rings is 1. The highest BCUT2D eigenvalue weighted by atomic mass is 19.1. The summed E-state index contributed by atoms with van der Waals surface area (Å²) in [7, 11) is 0. The lowest BCUT2D eigenvalue weighted by Gasteiger charge is -2.03. The molecule has 2 aromatic rings. The third-order valence-corrected chi connectivity index (χ3v) is 1.90. The molecule has 0 fully saturated rings. The van der Waals surface area contributed by atoms with E-state index in [-0.39, 0.29) is 17.4 Å². The van der Waals surface area contributed by atoms with Gasteiger partial charge in [0.1, 0.15) is 5.82 Å². The quantitative estimate of drug-likeness (QED) is 0.626. The molecule has 0 aliphatic heterocycles. The number of nitrogens with two attached hydrogens (primary N) is 1. The summed E-state index contributed by atoms with van der Waals surface area (Å²) < 4.78 is 18.0. The maximum Gasteiger partial charge on any atom is 0.381 e. The van der Waals surface area contributed by atoms with Crippen molar-refractivity contribution in [3.63, 3.8) is 0 Å². The molecule has 0 aliphatic rings. The molecule has 2 rings (SSSR count). The SMILES string of the molecule is Nc1ccnc(C(=O)Oc2ccccc2F)n1. The van der Waals surface area contributed by atoms with Gasteiger partial charge in [0, 0.05) is 6.20 Å². The first-order chi connectivity index (χ1) is 8.16. The second-order valence-electron chi connectivity index (χ2n) is 3.13. The van der Waals surface area contributed by atoms with Gasteiger partial charge in [-0.1, -0.05) is 12.1 Å². The Kier molecular flexibility index (Phi) is 2.95. The lowest BCUT2D eigenvalue weighted by molar-refractivity contribution is 0.0715. The van der Waals surface area contributed by atoms with Crippen LogP contribution in [0.3, 0.4) is 0 Å². The predicted molar refractivity (Wildman–Crippen MR) is 57.8 cm³/mol. The Hall–Kier alpha value is -2.50. The highest BCUT2D eigenvalue weighted by Crippen LogP contribution is 2.16. The molecule has 6 heteroatoms. The molecule has 86 valence electrons. The largest absolute Gasteiger partial charge is 0.417 e. The van der Waals surface area contributed by atoms with Crippen molar-refractivity contribution in [3.05, 3.63) is 48.2 Å². The third kappa shape index (κ3) is 2.54. The van der Waals surface area contributed by atoms with Crippen molar-refractivity contribution in [2.24, 2.45) is 0 Å². The lowest BCUT2D eigenvalue weighted by atomic mass is 10.3. The number of aromatic nitrogens is 2. The maximum absolute atomic E-state index is 13.2. The first-order valence-corrected chi connectivity index (χ1v) is 4.72. The number of nitrogens with zero attached hydrogens (tertiary/aromatic N) is 2. The van der Waals surface area contributed by atoms with E-state index in [1.165, 1.54) is 30.5 Å². The fraction of sp³-hybridized carbons (Fsp3) is 0. The van der Waals surface area contributed by atoms with Gasteiger partial charge in [0.05, 0.1) is 0 Å². The smallest absolute Gasteiger partial charge is 0.381 e. The fourth-order valence-electron chi connectivity index (χ4n) is 1.14. The van der Waals surface area contributed by atoms with Gasteiger partial charge in [0.25, 0.3) is 0 Å². The lowest BCUT2D eigenvalue weighted by Crippen LogP contribution is -2.14. The Morgan fingerprint density at radius 1 is 1.29 bits per heavy atom. The molecular weight excluding hydrogens is 225 g/mol. The Balaban J connectivity index is 2.20. The topological polar surface area (TPSA) is 78.1 Å². The molecule has 5 nitrogen and oxygen atoms in total. The van der Waals surface area contributed by atoms with E-state index in [0.717, 1.165) is 0 Å². The van der Waals surface area contributed by atoms with Crippen molar-refractivity contribution in [2.75, 3.05) is 5.73 Å². The molecule has 0 amide bonds. The van der Waals surface area contributed by atoms with Crippen LogP contribution in [0, 0.1) is 5.82 Å². The summed E-state index contributed by atoms with van der Waals surface area (Å²) in [5, 5.41) is 0. The van der Waals surface area contributed by atoms with Crippen molar-refractivity contribution in [3.8, 4) is 5.75 Å². The maximum atomic E-state index is 13.2. The third-order valence-electron chi connectivity index (χ3n) is 1.90. The predicted octanol–water partition coefficient (Wildman–Crippen LogP) is 1.42. The average Bonchev–Trinajstić information content (AvgIpc) is 2.32. The van der Waals surface area contributed by atoms with E-state index in [2.05, 4.69) is 9.97 Å². The number of hydrogen-bond acceptors (Lipinski definition) is 5. The van der Waals surface area contributed by atoms with E-state index in [4.69, 9.17) is 10.5 Å². The monoisotopic (exact) mass is 233 g/mol. The van der Waals surface area contributed by atoms with E-state index < -0.39 is 11.8 Å². The van der Waals surface area contributed by atoms with Gasteiger partial charge in [-0.25, -0.2) is 19.2 Å². The van der Waals surface area contributed by atoms with Crippen LogP contribution < -0.4 is 10.5 Å². The summed E-state index contributed by atoms with van der Waals surface area (Å²) in [5.41, 5.74) is 5.39. The van der Waals surface area contributed by atoms with Crippen LogP contribution in [0.5, 0.6) is 5.75 Å². The zero-order valence-electron chi connectivity index (χ0n) is 8.63. The number of carbonyl (C=O) groups is 1. The number of ether oxygens (including phenoxy) is 1. The molecule has 2 N–H and O–H groups in total. The Labute approximate surface area is 96.1 Å². The van der Waals surface area contributed by atoms with Gasteiger partial charge in [-0.3, -0.25) is 0 Å². The van der Waals surface area contributed by atoms with Gasteiger partial charge in [0.2, 0.25) is 5.82 Å². The summed E-state index contributed by atoms with van der Waals surface area (Å²) in [6, 6.07) is 6.98. The fourth-order valence-corrected chi connectivity index (χ4v) is 1.14. The van der Waals surface area contributed by atoms with Crippen LogP contribution in [0.25, 0.3) is 0 Å². The normalized spacial score (nSPS) is 9.94. The van der Waals surface area contributed by atoms with Crippen LogP contribution in [-0.2, 0) is 0 Å². The number of nitrogen functional groups attached to an aromatic ring is 1. The van der Waals surface area contributed by atoms with Crippen molar-refractivity contribution in [1.29, 1.82) is 0 Å². The second kappa shape index (κ2) is 4.56. The number of carbonyl (C=O) groups excluding carboxylic acids is 1. The van der Waals surface area contributed by atoms with E-state index in [0.29, 0.717) is 0 Å². The molecule has 0 saturated heterocycles. The van der Waals surface area contributed by atoms with Crippen LogP contribution in [0.1, 0.15) is 10.6 Å². The average molecular weight is 233 g/mol. The number of esters is 1. The molecule has 0 aliphatic carbocycles. The molecule has 0 spiro atoms. The molecule has 17 heavy (non-hydrogen) atoms. The minimum Gasteiger partial charge on any atom is -0.417 e. The van der Waals surface area contributed by atoms with Crippen LogP contribution in [0.15, 0.2) is 36.5 Å². The van der Waals surface area contributed by atoms with E-state index in [1.807, 2.05) is 0 Å². The van der Waals surface area contributed by atoms with Crippen LogP contribution in [0.2, 0.25) is 0 Å². The van der Waals surface area contributed by atoms with Crippen LogP contribution in [0.4, 0.5) is 10.2 Å². The summed E-state index contributed by atoms with van der Waals surface area (Å²) >= 11 is 0. The molecule has 1 heterocycles. The Morgan fingerprint density at radius 2 is 2.06 bits per heavy atom. The summed E-state index contributed by atoms with van der Waals surface area (Å²) in [5.74, 6) is -1.75. The molecule has 0 saturated carbocycles. The second-order valence-corrected chi connectivity index (χ2v) is 3.13. The van der Waals surface area contributed by atoms with Gasteiger partial charge in [-0.05, 0) is 18.2 Å². The van der Waals surface area contributed by atoms with Crippen molar-refractivity contribution in [2.45, 2.75) is 0 Å². The minimum atomic E-state index is -0.859. The number of para-hydroxylation sites is 1. The molecule has 1 aromatic carbocycles. The number of rotatable bonds is 2. The first-order valence-electron chi connectivity index (χ1n) is 4.72. The number of anilines is 1. The molecule has 1 aromatic heterocycles. The summed E-state index contributed by atoms with van der Waals surface area (Å²) in [4.78, 5) is 18.9. The van der Waals surface area contributed by atoms with Crippen molar-refractivity contribution >= 4 is 11.8 Å². The van der Waals surface area contributed by atoms with Crippen LogP contribution in [-0.4, -0.2) is 15.9 Å².